The van der Waals surface area contributed by atoms with Crippen LogP contribution in [-0.4, -0.2) is 19.1 Å². The zero-order valence-corrected chi connectivity index (χ0v) is 16.5. The number of methoxy groups -OCH3 is 1. The number of hydrogen-bond donors (Lipinski definition) is 1. The van der Waals surface area contributed by atoms with Crippen LogP contribution in [0.5, 0.6) is 5.75 Å². The van der Waals surface area contributed by atoms with E-state index in [1.807, 2.05) is 84.9 Å². The van der Waals surface area contributed by atoms with Crippen molar-refractivity contribution in [3.8, 4) is 5.75 Å². The van der Waals surface area contributed by atoms with E-state index >= 15 is 0 Å². The highest BCUT2D eigenvalue weighted by Gasteiger charge is 2.20. The highest BCUT2D eigenvalue weighted by molar-refractivity contribution is 5.85. The molecule has 0 aromatic heterocycles. The van der Waals surface area contributed by atoms with Gasteiger partial charge in [0.1, 0.15) is 18.4 Å². The Bertz CT molecular complexity index is 839. The molecule has 0 saturated carbocycles. The molecule has 0 heterocycles. The van der Waals surface area contributed by atoms with Gasteiger partial charge in [-0.2, -0.15) is 0 Å². The Morgan fingerprint density at radius 1 is 0.857 bits per heavy atom. The van der Waals surface area contributed by atoms with Crippen molar-refractivity contribution >= 4 is 24.1 Å². The molecular formula is C23H24ClNO3. The van der Waals surface area contributed by atoms with Gasteiger partial charge in [0.25, 0.3) is 0 Å². The molecule has 3 aromatic carbocycles. The van der Waals surface area contributed by atoms with Gasteiger partial charge < -0.3 is 14.8 Å². The summed E-state index contributed by atoms with van der Waals surface area (Å²) in [5.41, 5.74) is 2.88. The Morgan fingerprint density at radius 3 is 2.00 bits per heavy atom. The van der Waals surface area contributed by atoms with Crippen molar-refractivity contribution in [2.75, 3.05) is 12.4 Å². The molecule has 0 spiro atoms. The molecule has 28 heavy (non-hydrogen) atoms. The lowest BCUT2D eigenvalue weighted by atomic mass is 10.1. The fraction of sp³-hybridized carbons (Fsp3) is 0.174. The topological polar surface area (TPSA) is 47.6 Å². The SMILES string of the molecule is COc1ccc(NC(Cc2ccccc2)C(=O)OCc2ccccc2)cc1.Cl. The van der Waals surface area contributed by atoms with Crippen LogP contribution in [0.4, 0.5) is 5.69 Å². The molecule has 1 unspecified atom stereocenters. The summed E-state index contributed by atoms with van der Waals surface area (Å²) in [6, 6.07) is 26.6. The third kappa shape index (κ3) is 6.32. The number of ether oxygens (including phenoxy) is 2. The summed E-state index contributed by atoms with van der Waals surface area (Å²) in [5, 5.41) is 3.28. The van der Waals surface area contributed by atoms with Crippen molar-refractivity contribution in [1.82, 2.24) is 0 Å². The van der Waals surface area contributed by atoms with Gasteiger partial charge in [-0.15, -0.1) is 12.4 Å². The number of nitrogens with one attached hydrogen (secondary N) is 1. The monoisotopic (exact) mass is 397 g/mol. The number of hydrogen-bond acceptors (Lipinski definition) is 4. The van der Waals surface area contributed by atoms with Crippen molar-refractivity contribution in [3.05, 3.63) is 96.1 Å². The molecular weight excluding hydrogens is 374 g/mol. The van der Waals surface area contributed by atoms with Gasteiger partial charge in [0.15, 0.2) is 0 Å². The first kappa shape index (κ1) is 21.3. The fourth-order valence-corrected chi connectivity index (χ4v) is 2.76. The molecule has 146 valence electrons. The Morgan fingerprint density at radius 2 is 1.43 bits per heavy atom. The van der Waals surface area contributed by atoms with E-state index < -0.39 is 6.04 Å². The van der Waals surface area contributed by atoms with Crippen molar-refractivity contribution in [2.45, 2.75) is 19.1 Å². The van der Waals surface area contributed by atoms with Crippen molar-refractivity contribution < 1.29 is 14.3 Å². The van der Waals surface area contributed by atoms with Crippen LogP contribution in [0.25, 0.3) is 0 Å². The van der Waals surface area contributed by atoms with Gasteiger partial charge in [-0.25, -0.2) is 4.79 Å². The molecule has 0 aliphatic heterocycles. The summed E-state index contributed by atoms with van der Waals surface area (Å²) in [7, 11) is 1.63. The van der Waals surface area contributed by atoms with E-state index in [0.29, 0.717) is 6.42 Å². The summed E-state index contributed by atoms with van der Waals surface area (Å²) in [5.74, 6) is 0.491. The van der Waals surface area contributed by atoms with E-state index in [4.69, 9.17) is 9.47 Å². The molecule has 0 amide bonds. The van der Waals surface area contributed by atoms with Crippen LogP contribution in [0.15, 0.2) is 84.9 Å². The lowest BCUT2D eigenvalue weighted by molar-refractivity contribution is -0.145. The fourth-order valence-electron chi connectivity index (χ4n) is 2.76. The number of benzene rings is 3. The lowest BCUT2D eigenvalue weighted by Gasteiger charge is -2.19. The van der Waals surface area contributed by atoms with Crippen LogP contribution in [0.1, 0.15) is 11.1 Å². The zero-order valence-electron chi connectivity index (χ0n) is 15.7. The van der Waals surface area contributed by atoms with Gasteiger partial charge in [-0.1, -0.05) is 60.7 Å². The van der Waals surface area contributed by atoms with E-state index in [2.05, 4.69) is 5.32 Å². The summed E-state index contributed by atoms with van der Waals surface area (Å²) < 4.78 is 10.7. The van der Waals surface area contributed by atoms with Crippen molar-refractivity contribution in [3.63, 3.8) is 0 Å². The first-order valence-corrected chi connectivity index (χ1v) is 8.89. The maximum absolute atomic E-state index is 12.7. The van der Waals surface area contributed by atoms with E-state index in [9.17, 15) is 4.79 Å². The van der Waals surface area contributed by atoms with E-state index in [-0.39, 0.29) is 25.0 Å². The Kier molecular flexibility index (Phi) is 8.37. The molecule has 5 heteroatoms. The number of anilines is 1. The van der Waals surface area contributed by atoms with Crippen LogP contribution >= 0.6 is 12.4 Å². The Hall–Kier alpha value is -2.98. The quantitative estimate of drug-likeness (QED) is 0.550. The molecule has 3 rings (SSSR count). The Labute approximate surface area is 171 Å². The summed E-state index contributed by atoms with van der Waals surface area (Å²) in [4.78, 5) is 12.7. The van der Waals surface area contributed by atoms with Gasteiger partial charge in [-0.3, -0.25) is 0 Å². The van der Waals surface area contributed by atoms with Crippen LogP contribution in [0.2, 0.25) is 0 Å². The smallest absolute Gasteiger partial charge is 0.329 e. The molecule has 3 aromatic rings. The number of carbonyl (C=O) groups excluding carboxylic acids is 1. The normalized spacial score (nSPS) is 11.0. The third-order valence-electron chi connectivity index (χ3n) is 4.22. The predicted molar refractivity (Wildman–Crippen MR) is 114 cm³/mol. The first-order chi connectivity index (χ1) is 13.2. The first-order valence-electron chi connectivity index (χ1n) is 8.89. The minimum Gasteiger partial charge on any atom is -0.497 e. The van der Waals surface area contributed by atoms with E-state index in [1.165, 1.54) is 0 Å². The van der Waals surface area contributed by atoms with Crippen LogP contribution in [-0.2, 0) is 22.6 Å². The largest absolute Gasteiger partial charge is 0.497 e. The minimum absolute atomic E-state index is 0. The Balaban J connectivity index is 0.00000280. The molecule has 1 atom stereocenters. The average molecular weight is 398 g/mol. The number of carbonyl (C=O) groups is 1. The average Bonchev–Trinajstić information content (AvgIpc) is 2.73. The summed E-state index contributed by atoms with van der Waals surface area (Å²) >= 11 is 0. The van der Waals surface area contributed by atoms with E-state index in [1.54, 1.807) is 7.11 Å². The molecule has 0 fully saturated rings. The molecule has 0 radical (unpaired) electrons. The van der Waals surface area contributed by atoms with Crippen LogP contribution < -0.4 is 10.1 Å². The number of rotatable bonds is 8. The molecule has 0 aliphatic rings. The standard InChI is InChI=1S/C23H23NO3.ClH/c1-26-21-14-12-20(13-15-21)24-22(16-18-8-4-2-5-9-18)23(25)27-17-19-10-6-3-7-11-19;/h2-15,22,24H,16-17H2,1H3;1H. The molecule has 0 bridgehead atoms. The second-order valence-electron chi connectivity index (χ2n) is 6.21. The maximum atomic E-state index is 12.7. The zero-order chi connectivity index (χ0) is 18.9. The molecule has 1 N–H and O–H groups in total. The highest BCUT2D eigenvalue weighted by atomic mass is 35.5. The second-order valence-corrected chi connectivity index (χ2v) is 6.21. The van der Waals surface area contributed by atoms with Gasteiger partial charge in [0, 0.05) is 12.1 Å². The van der Waals surface area contributed by atoms with Gasteiger partial charge in [-0.05, 0) is 35.4 Å². The van der Waals surface area contributed by atoms with Crippen LogP contribution in [0.3, 0.4) is 0 Å². The van der Waals surface area contributed by atoms with Crippen molar-refractivity contribution in [2.24, 2.45) is 0 Å². The number of esters is 1. The van der Waals surface area contributed by atoms with Crippen LogP contribution in [0, 0.1) is 0 Å². The molecule has 4 nitrogen and oxygen atoms in total. The minimum atomic E-state index is -0.482. The maximum Gasteiger partial charge on any atom is 0.329 e. The van der Waals surface area contributed by atoms with Gasteiger partial charge in [0.05, 0.1) is 7.11 Å². The van der Waals surface area contributed by atoms with E-state index in [0.717, 1.165) is 22.6 Å². The molecule has 0 saturated heterocycles. The predicted octanol–water partition coefficient (Wildman–Crippen LogP) is 4.88. The summed E-state index contributed by atoms with van der Waals surface area (Å²) in [6.07, 6.45) is 0.542. The summed E-state index contributed by atoms with van der Waals surface area (Å²) in [6.45, 7) is 0.259. The lowest BCUT2D eigenvalue weighted by Crippen LogP contribution is -2.33. The third-order valence-corrected chi connectivity index (χ3v) is 4.22. The number of halogens is 1. The van der Waals surface area contributed by atoms with Crippen molar-refractivity contribution in [1.29, 1.82) is 0 Å². The highest BCUT2D eigenvalue weighted by Crippen LogP contribution is 2.18. The van der Waals surface area contributed by atoms with Gasteiger partial charge in [0.2, 0.25) is 0 Å². The molecule has 0 aliphatic carbocycles. The second kappa shape index (κ2) is 11.0. The van der Waals surface area contributed by atoms with Gasteiger partial charge >= 0.3 is 5.97 Å².